The van der Waals surface area contributed by atoms with Crippen LogP contribution in [-0.2, 0) is 6.54 Å². The molecule has 1 aliphatic heterocycles. The number of likely N-dealkylation sites (tertiary alicyclic amines) is 1. The molecule has 2 atom stereocenters. The van der Waals surface area contributed by atoms with Crippen LogP contribution < -0.4 is 5.73 Å². The van der Waals surface area contributed by atoms with Crippen LogP contribution in [0.4, 0.5) is 0 Å². The van der Waals surface area contributed by atoms with Crippen molar-refractivity contribution in [1.29, 1.82) is 0 Å². The van der Waals surface area contributed by atoms with E-state index in [0.29, 0.717) is 12.0 Å². The Balaban J connectivity index is 1.90. The second-order valence-corrected chi connectivity index (χ2v) is 4.59. The normalized spacial score (nSPS) is 28.2. The molecule has 0 saturated carbocycles. The van der Waals surface area contributed by atoms with Gasteiger partial charge in [0.25, 0.3) is 0 Å². The van der Waals surface area contributed by atoms with Gasteiger partial charge in [0.05, 0.1) is 5.69 Å². The predicted molar refractivity (Wildman–Crippen MR) is 58.3 cm³/mol. The first kappa shape index (κ1) is 10.6. The predicted octanol–water partition coefficient (Wildman–Crippen LogP) is 1.15. The summed E-state index contributed by atoms with van der Waals surface area (Å²) in [5.41, 5.74) is 7.05. The Labute approximate surface area is 90.4 Å². The first-order chi connectivity index (χ1) is 7.15. The summed E-state index contributed by atoms with van der Waals surface area (Å²) < 4.78 is 5.05. The Morgan fingerprint density at radius 3 is 3.07 bits per heavy atom. The highest BCUT2D eigenvalue weighted by atomic mass is 16.5. The SMILES string of the molecule is Cc1cc(CN2CCC(C)C(N)C2)no1. The molecular weight excluding hydrogens is 190 g/mol. The largest absolute Gasteiger partial charge is 0.361 e. The lowest BCUT2D eigenvalue weighted by molar-refractivity contribution is 0.159. The molecule has 0 amide bonds. The number of hydrogen-bond donors (Lipinski definition) is 1. The monoisotopic (exact) mass is 209 g/mol. The molecule has 0 aromatic carbocycles. The number of rotatable bonds is 2. The number of aromatic nitrogens is 1. The molecule has 1 aromatic heterocycles. The third kappa shape index (κ3) is 2.58. The van der Waals surface area contributed by atoms with E-state index < -0.39 is 0 Å². The van der Waals surface area contributed by atoms with Crippen molar-refractivity contribution in [2.45, 2.75) is 32.9 Å². The Kier molecular flexibility index (Phi) is 3.07. The van der Waals surface area contributed by atoms with Crippen LogP contribution in [0.1, 0.15) is 24.8 Å². The topological polar surface area (TPSA) is 55.3 Å². The van der Waals surface area contributed by atoms with Crippen molar-refractivity contribution in [1.82, 2.24) is 10.1 Å². The van der Waals surface area contributed by atoms with E-state index in [1.165, 1.54) is 6.42 Å². The standard InChI is InChI=1S/C11H19N3O/c1-8-3-4-14(7-11(8)12)6-10-5-9(2)15-13-10/h5,8,11H,3-4,6-7,12H2,1-2H3. The highest BCUT2D eigenvalue weighted by Crippen LogP contribution is 2.17. The van der Waals surface area contributed by atoms with Crippen LogP contribution in [-0.4, -0.2) is 29.2 Å². The Morgan fingerprint density at radius 1 is 1.67 bits per heavy atom. The van der Waals surface area contributed by atoms with Gasteiger partial charge in [-0.2, -0.15) is 0 Å². The lowest BCUT2D eigenvalue weighted by atomic mass is 9.94. The van der Waals surface area contributed by atoms with Crippen LogP contribution in [0.15, 0.2) is 10.6 Å². The van der Waals surface area contributed by atoms with Crippen LogP contribution in [0.2, 0.25) is 0 Å². The molecule has 0 aliphatic carbocycles. The molecule has 0 spiro atoms. The van der Waals surface area contributed by atoms with Gasteiger partial charge in [0.15, 0.2) is 0 Å². The van der Waals surface area contributed by atoms with Gasteiger partial charge in [-0.1, -0.05) is 12.1 Å². The minimum absolute atomic E-state index is 0.298. The lowest BCUT2D eigenvalue weighted by Gasteiger charge is -2.34. The van der Waals surface area contributed by atoms with Crippen molar-refractivity contribution < 1.29 is 4.52 Å². The molecule has 2 N–H and O–H groups in total. The summed E-state index contributed by atoms with van der Waals surface area (Å²) >= 11 is 0. The highest BCUT2D eigenvalue weighted by Gasteiger charge is 2.23. The molecule has 2 unspecified atom stereocenters. The molecular formula is C11H19N3O. The van der Waals surface area contributed by atoms with Crippen LogP contribution in [0.25, 0.3) is 0 Å². The zero-order valence-electron chi connectivity index (χ0n) is 9.44. The van der Waals surface area contributed by atoms with Crippen molar-refractivity contribution in [2.75, 3.05) is 13.1 Å². The van der Waals surface area contributed by atoms with Crippen molar-refractivity contribution in [2.24, 2.45) is 11.7 Å². The molecule has 4 nitrogen and oxygen atoms in total. The maximum absolute atomic E-state index is 6.04. The third-order valence-corrected chi connectivity index (χ3v) is 3.16. The Morgan fingerprint density at radius 2 is 2.47 bits per heavy atom. The summed E-state index contributed by atoms with van der Waals surface area (Å²) in [6, 6.07) is 2.29. The van der Waals surface area contributed by atoms with Gasteiger partial charge in [-0.3, -0.25) is 4.90 Å². The van der Waals surface area contributed by atoms with Gasteiger partial charge in [-0.05, 0) is 25.8 Å². The van der Waals surface area contributed by atoms with Crippen LogP contribution in [0.3, 0.4) is 0 Å². The zero-order valence-corrected chi connectivity index (χ0v) is 9.44. The Hall–Kier alpha value is -0.870. The maximum atomic E-state index is 6.04. The molecule has 0 radical (unpaired) electrons. The van der Waals surface area contributed by atoms with E-state index in [2.05, 4.69) is 17.0 Å². The molecule has 0 bridgehead atoms. The fraction of sp³-hybridized carbons (Fsp3) is 0.727. The summed E-state index contributed by atoms with van der Waals surface area (Å²) in [5, 5.41) is 4.00. The average Bonchev–Trinajstić information content (AvgIpc) is 2.58. The molecule has 2 rings (SSSR count). The number of hydrogen-bond acceptors (Lipinski definition) is 4. The summed E-state index contributed by atoms with van der Waals surface area (Å²) in [6.07, 6.45) is 1.18. The van der Waals surface area contributed by atoms with Crippen LogP contribution >= 0.6 is 0 Å². The van der Waals surface area contributed by atoms with Crippen LogP contribution in [0, 0.1) is 12.8 Å². The second kappa shape index (κ2) is 4.33. The highest BCUT2D eigenvalue weighted by molar-refractivity contribution is 5.03. The van der Waals surface area contributed by atoms with E-state index in [-0.39, 0.29) is 0 Å². The van der Waals surface area contributed by atoms with E-state index in [1.807, 2.05) is 13.0 Å². The van der Waals surface area contributed by atoms with Crippen molar-refractivity contribution >= 4 is 0 Å². The first-order valence-corrected chi connectivity index (χ1v) is 5.55. The molecule has 4 heteroatoms. The van der Waals surface area contributed by atoms with Gasteiger partial charge in [0.2, 0.25) is 0 Å². The van der Waals surface area contributed by atoms with E-state index in [9.17, 15) is 0 Å². The second-order valence-electron chi connectivity index (χ2n) is 4.59. The zero-order chi connectivity index (χ0) is 10.8. The van der Waals surface area contributed by atoms with E-state index >= 15 is 0 Å². The van der Waals surface area contributed by atoms with Gasteiger partial charge in [0, 0.05) is 25.2 Å². The van der Waals surface area contributed by atoms with Gasteiger partial charge in [-0.25, -0.2) is 0 Å². The minimum Gasteiger partial charge on any atom is -0.361 e. The van der Waals surface area contributed by atoms with Crippen LogP contribution in [0.5, 0.6) is 0 Å². The third-order valence-electron chi connectivity index (χ3n) is 3.16. The molecule has 1 saturated heterocycles. The number of aryl methyl sites for hydroxylation is 1. The lowest BCUT2D eigenvalue weighted by Crippen LogP contribution is -2.47. The minimum atomic E-state index is 0.298. The van der Waals surface area contributed by atoms with Gasteiger partial charge < -0.3 is 10.3 Å². The maximum Gasteiger partial charge on any atom is 0.133 e. The van der Waals surface area contributed by atoms with Gasteiger partial charge in [-0.15, -0.1) is 0 Å². The summed E-state index contributed by atoms with van der Waals surface area (Å²) in [7, 11) is 0. The van der Waals surface area contributed by atoms with E-state index in [0.717, 1.165) is 31.1 Å². The number of nitrogens with zero attached hydrogens (tertiary/aromatic N) is 2. The van der Waals surface area contributed by atoms with Gasteiger partial charge in [0.1, 0.15) is 5.76 Å². The summed E-state index contributed by atoms with van der Waals surface area (Å²) in [6.45, 7) is 7.08. The molecule has 1 aliphatic rings. The quantitative estimate of drug-likeness (QED) is 0.794. The van der Waals surface area contributed by atoms with E-state index in [1.54, 1.807) is 0 Å². The number of piperidine rings is 1. The van der Waals surface area contributed by atoms with Crippen molar-refractivity contribution in [3.8, 4) is 0 Å². The van der Waals surface area contributed by atoms with Crippen molar-refractivity contribution in [3.05, 3.63) is 17.5 Å². The Bertz CT molecular complexity index is 323. The molecule has 1 aromatic rings. The molecule has 84 valence electrons. The fourth-order valence-corrected chi connectivity index (χ4v) is 2.03. The average molecular weight is 209 g/mol. The number of nitrogens with two attached hydrogens (primary N) is 1. The first-order valence-electron chi connectivity index (χ1n) is 5.55. The van der Waals surface area contributed by atoms with Crippen molar-refractivity contribution in [3.63, 3.8) is 0 Å². The molecule has 15 heavy (non-hydrogen) atoms. The summed E-state index contributed by atoms with van der Waals surface area (Å²) in [4.78, 5) is 2.35. The molecule has 1 fully saturated rings. The fourth-order valence-electron chi connectivity index (χ4n) is 2.03. The smallest absolute Gasteiger partial charge is 0.133 e. The molecule has 2 heterocycles. The summed E-state index contributed by atoms with van der Waals surface area (Å²) in [5.74, 6) is 1.51. The van der Waals surface area contributed by atoms with Gasteiger partial charge >= 0.3 is 0 Å². The van der Waals surface area contributed by atoms with E-state index in [4.69, 9.17) is 10.3 Å².